The number of nitrogens with zero attached hydrogens (tertiary/aromatic N) is 5. The zero-order valence-electron chi connectivity index (χ0n) is 20.5. The van der Waals surface area contributed by atoms with Gasteiger partial charge in [-0.3, -0.25) is 9.36 Å². The number of imidazole rings is 1. The Morgan fingerprint density at radius 3 is 2.72 bits per heavy atom. The van der Waals surface area contributed by atoms with Crippen LogP contribution in [0.25, 0.3) is 28.3 Å². The number of hydrogen-bond donors (Lipinski definition) is 1. The molecule has 2 atom stereocenters. The van der Waals surface area contributed by atoms with E-state index in [2.05, 4.69) is 37.8 Å². The zero-order chi connectivity index (χ0) is 24.8. The van der Waals surface area contributed by atoms with E-state index in [1.54, 1.807) is 0 Å². The summed E-state index contributed by atoms with van der Waals surface area (Å²) in [6.07, 6.45) is 9.04. The Morgan fingerprint density at radius 2 is 1.97 bits per heavy atom. The molecule has 4 aromatic rings. The molecule has 2 aromatic carbocycles. The monoisotopic (exact) mass is 476 g/mol. The fourth-order valence-electron chi connectivity index (χ4n) is 5.62. The number of nitrogens with one attached hydrogen (secondary N) is 1. The number of carbonyl (C=O) groups is 1. The molecule has 1 amide bonds. The highest BCUT2D eigenvalue weighted by Gasteiger charge is 2.30. The number of fused-ring (bicyclic) bond motifs is 5. The number of carbonyl (C=O) groups excluding carboxylic acids is 1. The minimum atomic E-state index is 0.0701. The normalized spacial score (nSPS) is 18.0. The van der Waals surface area contributed by atoms with Crippen LogP contribution in [-0.4, -0.2) is 51.1 Å². The van der Waals surface area contributed by atoms with Gasteiger partial charge in [0.2, 0.25) is 0 Å². The van der Waals surface area contributed by atoms with E-state index >= 15 is 0 Å². The molecular formula is C29H28N6O. The van der Waals surface area contributed by atoms with Crippen LogP contribution in [0.15, 0.2) is 67.1 Å². The fraction of sp³-hybridized carbons (Fsp3) is 0.276. The first kappa shape index (κ1) is 22.3. The predicted octanol–water partition coefficient (Wildman–Crippen LogP) is 4.45. The molecule has 6 rings (SSSR count). The highest BCUT2D eigenvalue weighted by atomic mass is 16.2. The summed E-state index contributed by atoms with van der Waals surface area (Å²) in [5, 5.41) is 12.5. The maximum absolute atomic E-state index is 13.4. The van der Waals surface area contributed by atoms with Gasteiger partial charge in [-0.05, 0) is 73.8 Å². The second kappa shape index (κ2) is 8.81. The zero-order valence-corrected chi connectivity index (χ0v) is 20.5. The van der Waals surface area contributed by atoms with Crippen LogP contribution >= 0.6 is 0 Å². The molecule has 7 heteroatoms. The lowest BCUT2D eigenvalue weighted by molar-refractivity contribution is 0.0733. The first-order chi connectivity index (χ1) is 17.6. The lowest BCUT2D eigenvalue weighted by atomic mass is 10.1. The quantitative estimate of drug-likeness (QED) is 0.416. The van der Waals surface area contributed by atoms with Crippen LogP contribution in [-0.2, 0) is 6.54 Å². The topological polar surface area (TPSA) is 78.9 Å². The highest BCUT2D eigenvalue weighted by Crippen LogP contribution is 2.34. The van der Waals surface area contributed by atoms with Crippen LogP contribution in [0.3, 0.4) is 0 Å². The van der Waals surface area contributed by atoms with Crippen LogP contribution in [0.1, 0.15) is 40.7 Å². The maximum atomic E-state index is 13.4. The second-order valence-electron chi connectivity index (χ2n) is 9.76. The molecular weight excluding hydrogens is 448 g/mol. The largest absolute Gasteiger partial charge is 0.340 e. The molecule has 1 N–H and O–H groups in total. The van der Waals surface area contributed by atoms with Crippen molar-refractivity contribution >= 4 is 5.91 Å². The summed E-state index contributed by atoms with van der Waals surface area (Å²) in [6, 6.07) is 18.7. The molecule has 1 fully saturated rings. The molecule has 1 aliphatic carbocycles. The Morgan fingerprint density at radius 1 is 1.14 bits per heavy atom. The average molecular weight is 477 g/mol. The van der Waals surface area contributed by atoms with Crippen molar-refractivity contribution in [3.05, 3.63) is 83.8 Å². The van der Waals surface area contributed by atoms with Gasteiger partial charge in [-0.1, -0.05) is 12.1 Å². The van der Waals surface area contributed by atoms with Gasteiger partial charge in [-0.2, -0.15) is 5.26 Å². The molecule has 1 unspecified atom stereocenters. The van der Waals surface area contributed by atoms with E-state index in [-0.39, 0.29) is 11.9 Å². The number of hydrogen-bond acceptors (Lipinski definition) is 4. The van der Waals surface area contributed by atoms with Crippen LogP contribution < -0.4 is 5.32 Å². The van der Waals surface area contributed by atoms with Crippen molar-refractivity contribution in [2.24, 2.45) is 0 Å². The maximum Gasteiger partial charge on any atom is 0.253 e. The summed E-state index contributed by atoms with van der Waals surface area (Å²) in [6.45, 7) is 0.639. The van der Waals surface area contributed by atoms with Gasteiger partial charge in [0.15, 0.2) is 5.82 Å². The predicted molar refractivity (Wildman–Crippen MR) is 139 cm³/mol. The molecule has 2 aromatic heterocycles. The van der Waals surface area contributed by atoms with E-state index in [0.29, 0.717) is 23.7 Å². The molecule has 3 heterocycles. The van der Waals surface area contributed by atoms with Gasteiger partial charge in [0.05, 0.1) is 23.0 Å². The number of benzene rings is 2. The van der Waals surface area contributed by atoms with Gasteiger partial charge in [0.25, 0.3) is 5.91 Å². The molecule has 0 radical (unpaired) electrons. The van der Waals surface area contributed by atoms with Gasteiger partial charge < -0.3 is 14.8 Å². The summed E-state index contributed by atoms with van der Waals surface area (Å²) < 4.78 is 4.30. The third-order valence-electron chi connectivity index (χ3n) is 7.72. The summed E-state index contributed by atoms with van der Waals surface area (Å²) >= 11 is 0. The molecule has 36 heavy (non-hydrogen) atoms. The standard InChI is InChI=1S/C29H28N6O/c1-31-24-8-9-25(15-24)33(2)29(36)21-7-10-26-23(13-21)18-34-17-22(20-5-3-19(16-30)4-6-20)14-27(34)28-32-11-12-35(26)28/h3-7,10-14,17,24-25,31H,8-9,15,18H2,1-2H3/t24-,25?/m0/s1. The highest BCUT2D eigenvalue weighted by molar-refractivity contribution is 5.95. The minimum Gasteiger partial charge on any atom is -0.340 e. The van der Waals surface area contributed by atoms with E-state index in [4.69, 9.17) is 5.26 Å². The van der Waals surface area contributed by atoms with E-state index in [1.807, 2.05) is 73.9 Å². The van der Waals surface area contributed by atoms with Crippen molar-refractivity contribution in [1.82, 2.24) is 24.3 Å². The molecule has 0 bridgehead atoms. The lowest BCUT2D eigenvalue weighted by Crippen LogP contribution is -2.36. The molecule has 2 aliphatic rings. The first-order valence-electron chi connectivity index (χ1n) is 12.4. The third kappa shape index (κ3) is 3.71. The minimum absolute atomic E-state index is 0.0701. The van der Waals surface area contributed by atoms with Crippen molar-refractivity contribution in [3.8, 4) is 34.4 Å². The van der Waals surface area contributed by atoms with Crippen molar-refractivity contribution in [2.45, 2.75) is 37.9 Å². The first-order valence-corrected chi connectivity index (χ1v) is 12.4. The number of aromatic nitrogens is 3. The molecule has 180 valence electrons. The van der Waals surface area contributed by atoms with Gasteiger partial charge in [-0.25, -0.2) is 4.98 Å². The van der Waals surface area contributed by atoms with E-state index in [9.17, 15) is 4.79 Å². The molecule has 0 saturated heterocycles. The number of amides is 1. The van der Waals surface area contributed by atoms with Crippen molar-refractivity contribution < 1.29 is 4.79 Å². The fourth-order valence-corrected chi connectivity index (χ4v) is 5.62. The SMILES string of the molecule is CN[C@H]1CCC(N(C)C(=O)c2ccc3c(c2)Cn2cc(-c4ccc(C#N)cc4)cc2-c2nccn2-3)C1. The van der Waals surface area contributed by atoms with Crippen molar-refractivity contribution in [2.75, 3.05) is 14.1 Å². The summed E-state index contributed by atoms with van der Waals surface area (Å²) in [5.41, 5.74) is 6.62. The number of rotatable bonds is 4. The van der Waals surface area contributed by atoms with Crippen molar-refractivity contribution in [1.29, 1.82) is 5.26 Å². The second-order valence-corrected chi connectivity index (χ2v) is 9.76. The Hall–Kier alpha value is -4.15. The van der Waals surface area contributed by atoms with Gasteiger partial charge >= 0.3 is 0 Å². The van der Waals surface area contributed by atoms with E-state index in [1.165, 1.54) is 0 Å². The molecule has 7 nitrogen and oxygen atoms in total. The lowest BCUT2D eigenvalue weighted by Gasteiger charge is -2.25. The number of nitriles is 1. The van der Waals surface area contributed by atoms with Crippen LogP contribution in [0, 0.1) is 11.3 Å². The summed E-state index contributed by atoms with van der Waals surface area (Å²) in [4.78, 5) is 20.0. The van der Waals surface area contributed by atoms with Crippen LogP contribution in [0.2, 0.25) is 0 Å². The van der Waals surface area contributed by atoms with Crippen LogP contribution in [0.4, 0.5) is 0 Å². The van der Waals surface area contributed by atoms with E-state index < -0.39 is 0 Å². The Bertz CT molecular complexity index is 1490. The Balaban J connectivity index is 1.35. The Kier molecular flexibility index (Phi) is 5.46. The summed E-state index contributed by atoms with van der Waals surface area (Å²) in [7, 11) is 3.92. The van der Waals surface area contributed by atoms with Gasteiger partial charge in [0.1, 0.15) is 0 Å². The van der Waals surface area contributed by atoms with Crippen molar-refractivity contribution in [3.63, 3.8) is 0 Å². The molecule has 0 spiro atoms. The Labute approximate surface area is 210 Å². The van der Waals surface area contributed by atoms with Crippen LogP contribution in [0.5, 0.6) is 0 Å². The van der Waals surface area contributed by atoms with Gasteiger partial charge in [0, 0.05) is 55.4 Å². The third-order valence-corrected chi connectivity index (χ3v) is 7.72. The van der Waals surface area contributed by atoms with Gasteiger partial charge in [-0.15, -0.1) is 0 Å². The van der Waals surface area contributed by atoms with E-state index in [0.717, 1.165) is 53.2 Å². The smallest absolute Gasteiger partial charge is 0.253 e. The molecule has 1 saturated carbocycles. The summed E-state index contributed by atoms with van der Waals surface area (Å²) in [5.74, 6) is 0.939. The average Bonchev–Trinajstić information content (AvgIpc) is 3.66. The molecule has 1 aliphatic heterocycles.